The molecule has 1 aromatic rings. The SMILES string of the molecule is O=S(=O)(ON=C=S)C(=C(C1C=CC=CC1)S(=O)(=O)ON=C=S)c1ccccc1. The molecule has 146 valence electrons. The van der Waals surface area contributed by atoms with Gasteiger partial charge in [-0.1, -0.05) is 54.6 Å². The smallest absolute Gasteiger partial charge is 0.255 e. The minimum Gasteiger partial charge on any atom is -0.255 e. The first-order valence-electron chi connectivity index (χ1n) is 7.48. The number of hydrogen-bond acceptors (Lipinski definition) is 10. The summed E-state index contributed by atoms with van der Waals surface area (Å²) < 4.78 is 60.2. The second-order valence-electron chi connectivity index (χ2n) is 5.14. The first kappa shape index (κ1) is 21.8. The predicted octanol–water partition coefficient (Wildman–Crippen LogP) is 3.22. The van der Waals surface area contributed by atoms with Crippen LogP contribution in [0.4, 0.5) is 0 Å². The molecule has 0 aliphatic heterocycles. The third-order valence-electron chi connectivity index (χ3n) is 3.44. The van der Waals surface area contributed by atoms with Gasteiger partial charge in [0.1, 0.15) is 20.1 Å². The van der Waals surface area contributed by atoms with E-state index in [0.717, 1.165) is 0 Å². The zero-order valence-corrected chi connectivity index (χ0v) is 17.2. The van der Waals surface area contributed by atoms with Gasteiger partial charge in [-0.25, -0.2) is 0 Å². The molecule has 1 unspecified atom stereocenters. The fraction of sp³-hybridized carbons (Fsp3) is 0.125. The van der Waals surface area contributed by atoms with Crippen molar-refractivity contribution in [3.05, 3.63) is 65.1 Å². The van der Waals surface area contributed by atoms with Gasteiger partial charge in [0.05, 0.1) is 0 Å². The highest BCUT2D eigenvalue weighted by Crippen LogP contribution is 2.37. The molecule has 12 heteroatoms. The van der Waals surface area contributed by atoms with Crippen LogP contribution in [0.15, 0.2) is 69.9 Å². The highest BCUT2D eigenvalue weighted by Gasteiger charge is 2.38. The summed E-state index contributed by atoms with van der Waals surface area (Å²) in [7, 11) is -9.40. The van der Waals surface area contributed by atoms with E-state index in [0.29, 0.717) is 0 Å². The lowest BCUT2D eigenvalue weighted by Gasteiger charge is -2.19. The maximum atomic E-state index is 12.8. The maximum absolute atomic E-state index is 12.8. The summed E-state index contributed by atoms with van der Waals surface area (Å²) in [5.74, 6) is -0.875. The number of thiocarbonyl (C=S) groups is 2. The van der Waals surface area contributed by atoms with Crippen LogP contribution in [0.2, 0.25) is 0 Å². The van der Waals surface area contributed by atoms with Crippen molar-refractivity contribution in [2.24, 2.45) is 16.2 Å². The monoisotopic (exact) mass is 456 g/mol. The van der Waals surface area contributed by atoms with E-state index in [2.05, 4.69) is 43.3 Å². The lowest BCUT2D eigenvalue weighted by atomic mass is 9.99. The van der Waals surface area contributed by atoms with Crippen molar-refractivity contribution in [3.63, 3.8) is 0 Å². The van der Waals surface area contributed by atoms with Crippen LogP contribution < -0.4 is 0 Å². The van der Waals surface area contributed by atoms with Crippen molar-refractivity contribution in [1.82, 2.24) is 0 Å². The lowest BCUT2D eigenvalue weighted by molar-refractivity contribution is 0.343. The summed E-state index contributed by atoms with van der Waals surface area (Å²) in [6.45, 7) is 0. The summed E-state index contributed by atoms with van der Waals surface area (Å²) >= 11 is 8.65. The van der Waals surface area contributed by atoms with Crippen molar-refractivity contribution in [3.8, 4) is 0 Å². The summed E-state index contributed by atoms with van der Waals surface area (Å²) in [6, 6.07) is 7.50. The van der Waals surface area contributed by atoms with E-state index in [9.17, 15) is 16.8 Å². The number of nitrogens with zero attached hydrogens (tertiary/aromatic N) is 2. The highest BCUT2D eigenvalue weighted by atomic mass is 32.2. The number of hydrogen-bond donors (Lipinski definition) is 0. The van der Waals surface area contributed by atoms with Crippen LogP contribution in [0.1, 0.15) is 12.0 Å². The lowest BCUT2D eigenvalue weighted by Crippen LogP contribution is -2.20. The van der Waals surface area contributed by atoms with Crippen molar-refractivity contribution in [2.45, 2.75) is 6.42 Å². The molecule has 1 aromatic carbocycles. The normalized spacial score (nSPS) is 16.9. The minimum absolute atomic E-state index is 0.0403. The van der Waals surface area contributed by atoms with E-state index < -0.39 is 36.0 Å². The molecule has 2 rings (SSSR count). The van der Waals surface area contributed by atoms with Crippen molar-refractivity contribution < 1.29 is 25.4 Å². The third kappa shape index (κ3) is 5.29. The molecule has 0 amide bonds. The molecule has 0 aromatic heterocycles. The molecule has 0 radical (unpaired) electrons. The third-order valence-corrected chi connectivity index (χ3v) is 6.26. The van der Waals surface area contributed by atoms with Crippen molar-refractivity contribution in [1.29, 1.82) is 0 Å². The van der Waals surface area contributed by atoms with Crippen LogP contribution in [0.3, 0.4) is 0 Å². The standard InChI is InChI=1S/C16H12N2O6S4/c19-27(20,23-17-11-25)15(13-7-3-1-4-8-13)16(14-9-5-2-6-10-14)28(21,22)24-18-12-26/h1-9,14H,10H2. The second-order valence-corrected chi connectivity index (χ2v) is 8.46. The topological polar surface area (TPSA) is 111 Å². The van der Waals surface area contributed by atoms with Crippen molar-refractivity contribution >= 4 is 59.9 Å². The van der Waals surface area contributed by atoms with Crippen LogP contribution in [-0.2, 0) is 28.8 Å². The second kappa shape index (κ2) is 9.65. The van der Waals surface area contributed by atoms with Crippen LogP contribution in [0.5, 0.6) is 0 Å². The molecule has 0 spiro atoms. The quantitative estimate of drug-likeness (QED) is 0.333. The summed E-state index contributed by atoms with van der Waals surface area (Å²) in [5, 5.41) is 9.50. The number of allylic oxidation sites excluding steroid dienone is 5. The average Bonchev–Trinajstić information content (AvgIpc) is 2.70. The minimum atomic E-state index is -4.72. The Hall–Kier alpha value is -2.46. The number of isothiocyanates is 2. The van der Waals surface area contributed by atoms with E-state index in [1.807, 2.05) is 0 Å². The molecule has 0 saturated heterocycles. The molecule has 0 heterocycles. The van der Waals surface area contributed by atoms with Crippen LogP contribution in [0.25, 0.3) is 4.91 Å². The molecule has 8 nitrogen and oxygen atoms in total. The Morgan fingerprint density at radius 3 is 2.11 bits per heavy atom. The molecular weight excluding hydrogens is 444 g/mol. The van der Waals surface area contributed by atoms with Crippen molar-refractivity contribution in [2.75, 3.05) is 0 Å². The maximum Gasteiger partial charge on any atom is 0.360 e. The van der Waals surface area contributed by atoms with Gasteiger partial charge in [0.2, 0.25) is 0 Å². The van der Waals surface area contributed by atoms with E-state index >= 15 is 0 Å². The van der Waals surface area contributed by atoms with Gasteiger partial charge in [0, 0.05) is 5.92 Å². The Morgan fingerprint density at radius 2 is 1.57 bits per heavy atom. The summed E-state index contributed by atoms with van der Waals surface area (Å²) in [6.07, 6.45) is 6.65. The summed E-state index contributed by atoms with van der Waals surface area (Å²) in [4.78, 5) is -1.25. The molecular formula is C16H12N2O6S4. The van der Waals surface area contributed by atoms with Crippen LogP contribution in [-0.4, -0.2) is 27.2 Å². The summed E-state index contributed by atoms with van der Waals surface area (Å²) in [5.41, 5.74) is 0.0403. The van der Waals surface area contributed by atoms with Crippen LogP contribution >= 0.6 is 24.4 Å². The molecule has 1 atom stereocenters. The molecule has 0 N–H and O–H groups in total. The van der Waals surface area contributed by atoms with Gasteiger partial charge in [-0.05, 0) is 46.7 Å². The largest absolute Gasteiger partial charge is 0.360 e. The molecule has 0 bridgehead atoms. The van der Waals surface area contributed by atoms with Gasteiger partial charge in [-0.15, -0.1) is 0 Å². The predicted molar refractivity (Wildman–Crippen MR) is 110 cm³/mol. The molecule has 0 saturated carbocycles. The number of rotatable bonds is 8. The van der Waals surface area contributed by atoms with Gasteiger partial charge in [0.15, 0.2) is 0 Å². The Kier molecular flexibility index (Phi) is 7.53. The Morgan fingerprint density at radius 1 is 0.964 bits per heavy atom. The Balaban J connectivity index is 2.91. The molecule has 28 heavy (non-hydrogen) atoms. The van der Waals surface area contributed by atoms with Gasteiger partial charge in [0.25, 0.3) is 0 Å². The number of benzene rings is 1. The van der Waals surface area contributed by atoms with E-state index in [1.54, 1.807) is 34.6 Å². The van der Waals surface area contributed by atoms with Gasteiger partial charge >= 0.3 is 20.2 Å². The average molecular weight is 457 g/mol. The molecule has 1 aliphatic carbocycles. The molecule has 0 fully saturated rings. The van der Waals surface area contributed by atoms with E-state index in [-0.39, 0.29) is 12.0 Å². The first-order valence-corrected chi connectivity index (χ1v) is 11.1. The van der Waals surface area contributed by atoms with Gasteiger partial charge in [-0.3, -0.25) is 8.57 Å². The van der Waals surface area contributed by atoms with Gasteiger partial charge in [-0.2, -0.15) is 16.8 Å². The Bertz CT molecular complexity index is 1120. The fourth-order valence-electron chi connectivity index (χ4n) is 2.45. The first-order chi connectivity index (χ1) is 13.3. The molecule has 1 aliphatic rings. The fourth-order valence-corrected chi connectivity index (χ4v) is 5.37. The highest BCUT2D eigenvalue weighted by molar-refractivity contribution is 7.99. The van der Waals surface area contributed by atoms with E-state index in [4.69, 9.17) is 0 Å². The van der Waals surface area contributed by atoms with Crippen LogP contribution in [0, 0.1) is 5.92 Å². The zero-order valence-electron chi connectivity index (χ0n) is 14.0. The zero-order chi connectivity index (χ0) is 20.6. The van der Waals surface area contributed by atoms with E-state index in [1.165, 1.54) is 30.3 Å². The van der Waals surface area contributed by atoms with Gasteiger partial charge < -0.3 is 0 Å². The Labute approximate surface area is 172 Å².